The fraction of sp³-hybridized carbons (Fsp3) is 0.462. The molecule has 0 amide bonds. The number of rotatable bonds is 5. The van der Waals surface area contributed by atoms with E-state index in [0.29, 0.717) is 24.3 Å². The van der Waals surface area contributed by atoms with Crippen molar-refractivity contribution in [3.05, 3.63) is 35.1 Å². The van der Waals surface area contributed by atoms with Gasteiger partial charge < -0.3 is 15.2 Å². The van der Waals surface area contributed by atoms with Crippen molar-refractivity contribution in [1.82, 2.24) is 0 Å². The molecule has 1 aromatic rings. The quantitative estimate of drug-likeness (QED) is 0.832. The Bertz CT molecular complexity index is 433. The summed E-state index contributed by atoms with van der Waals surface area (Å²) in [5, 5.41) is 0. The maximum atomic E-state index is 13.2. The Morgan fingerprint density at radius 2 is 2.39 bits per heavy atom. The van der Waals surface area contributed by atoms with E-state index in [1.165, 1.54) is 12.1 Å². The second-order valence-corrected chi connectivity index (χ2v) is 4.76. The summed E-state index contributed by atoms with van der Waals surface area (Å²) in [4.78, 5) is 0.255. The molecule has 98 valence electrons. The van der Waals surface area contributed by atoms with Crippen molar-refractivity contribution in [1.29, 1.82) is 0 Å². The van der Waals surface area contributed by atoms with E-state index >= 15 is 0 Å². The summed E-state index contributed by atoms with van der Waals surface area (Å²) in [6.07, 6.45) is 2.25. The standard InChI is InChI=1S/C13H16FNO2S/c14-10-3-4-12(13(15)18)9(6-10)7-16-8-11-2-1-5-17-11/h3-4,6,11H,1-2,5,7-8H2,(H2,15,18). The topological polar surface area (TPSA) is 44.5 Å². The van der Waals surface area contributed by atoms with Crippen LogP contribution in [0.1, 0.15) is 24.0 Å². The molecule has 0 spiro atoms. The highest BCUT2D eigenvalue weighted by Gasteiger charge is 2.16. The minimum atomic E-state index is -0.314. The molecule has 1 heterocycles. The van der Waals surface area contributed by atoms with Crippen molar-refractivity contribution in [2.24, 2.45) is 5.73 Å². The maximum absolute atomic E-state index is 13.2. The van der Waals surface area contributed by atoms with Gasteiger partial charge in [0.15, 0.2) is 0 Å². The SMILES string of the molecule is NC(=S)c1ccc(F)cc1COCC1CCCO1. The van der Waals surface area contributed by atoms with E-state index in [0.717, 1.165) is 19.4 Å². The molecule has 0 aliphatic carbocycles. The molecule has 3 nitrogen and oxygen atoms in total. The summed E-state index contributed by atoms with van der Waals surface area (Å²) < 4.78 is 24.2. The van der Waals surface area contributed by atoms with Crippen molar-refractivity contribution in [3.63, 3.8) is 0 Å². The van der Waals surface area contributed by atoms with Gasteiger partial charge in [-0.2, -0.15) is 0 Å². The van der Waals surface area contributed by atoms with Gasteiger partial charge in [-0.15, -0.1) is 0 Å². The van der Waals surface area contributed by atoms with Crippen molar-refractivity contribution < 1.29 is 13.9 Å². The molecular weight excluding hydrogens is 253 g/mol. The zero-order chi connectivity index (χ0) is 13.0. The second kappa shape index (κ2) is 6.22. The van der Waals surface area contributed by atoms with Crippen LogP contribution in [0.4, 0.5) is 4.39 Å². The second-order valence-electron chi connectivity index (χ2n) is 4.32. The molecule has 0 aromatic heterocycles. The van der Waals surface area contributed by atoms with Crippen LogP contribution in [0.2, 0.25) is 0 Å². The fourth-order valence-corrected chi connectivity index (χ4v) is 2.20. The highest BCUT2D eigenvalue weighted by molar-refractivity contribution is 7.80. The van der Waals surface area contributed by atoms with Gasteiger partial charge in [-0.1, -0.05) is 12.2 Å². The van der Waals surface area contributed by atoms with E-state index in [1.807, 2.05) is 0 Å². The lowest BCUT2D eigenvalue weighted by Crippen LogP contribution is -2.16. The third-order valence-electron chi connectivity index (χ3n) is 2.92. The Balaban J connectivity index is 1.94. The van der Waals surface area contributed by atoms with Crippen LogP contribution >= 0.6 is 12.2 Å². The zero-order valence-corrected chi connectivity index (χ0v) is 10.8. The van der Waals surface area contributed by atoms with Gasteiger partial charge in [0.25, 0.3) is 0 Å². The molecule has 1 aliphatic heterocycles. The first-order valence-corrected chi connectivity index (χ1v) is 6.35. The fourth-order valence-electron chi connectivity index (χ4n) is 2.00. The van der Waals surface area contributed by atoms with Crippen LogP contribution in [0, 0.1) is 5.82 Å². The predicted molar refractivity (Wildman–Crippen MR) is 70.9 cm³/mol. The van der Waals surface area contributed by atoms with E-state index in [2.05, 4.69) is 0 Å². The van der Waals surface area contributed by atoms with Crippen molar-refractivity contribution in [2.45, 2.75) is 25.6 Å². The molecule has 1 fully saturated rings. The monoisotopic (exact) mass is 269 g/mol. The lowest BCUT2D eigenvalue weighted by atomic mass is 10.1. The van der Waals surface area contributed by atoms with Crippen molar-refractivity contribution in [2.75, 3.05) is 13.2 Å². The number of halogens is 1. The van der Waals surface area contributed by atoms with Gasteiger partial charge in [-0.25, -0.2) is 4.39 Å². The van der Waals surface area contributed by atoms with Crippen LogP contribution in [-0.2, 0) is 16.1 Å². The summed E-state index contributed by atoms with van der Waals surface area (Å²) in [6, 6.07) is 4.34. The van der Waals surface area contributed by atoms with Crippen LogP contribution in [0.5, 0.6) is 0 Å². The molecule has 1 saturated heterocycles. The van der Waals surface area contributed by atoms with E-state index in [4.69, 9.17) is 27.4 Å². The minimum absolute atomic E-state index is 0.159. The summed E-state index contributed by atoms with van der Waals surface area (Å²) in [5.41, 5.74) is 6.93. The number of thiocarbonyl (C=S) groups is 1. The Hall–Kier alpha value is -1.04. The van der Waals surface area contributed by atoms with Gasteiger partial charge in [0.05, 0.1) is 19.3 Å². The molecule has 2 N–H and O–H groups in total. The van der Waals surface area contributed by atoms with Crippen molar-refractivity contribution in [3.8, 4) is 0 Å². The maximum Gasteiger partial charge on any atom is 0.123 e. The summed E-state index contributed by atoms with van der Waals surface area (Å²) >= 11 is 4.93. The number of ether oxygens (including phenoxy) is 2. The predicted octanol–water partition coefficient (Wildman–Crippen LogP) is 2.16. The molecule has 1 atom stereocenters. The van der Waals surface area contributed by atoms with Gasteiger partial charge in [-0.3, -0.25) is 0 Å². The molecule has 1 aliphatic rings. The average Bonchev–Trinajstić information content (AvgIpc) is 2.82. The molecule has 0 bridgehead atoms. The summed E-state index contributed by atoms with van der Waals surface area (Å²) in [5.74, 6) is -0.314. The normalized spacial score (nSPS) is 19.1. The highest BCUT2D eigenvalue weighted by Crippen LogP contribution is 2.15. The lowest BCUT2D eigenvalue weighted by molar-refractivity contribution is 0.0105. The first-order valence-electron chi connectivity index (χ1n) is 5.94. The first-order chi connectivity index (χ1) is 8.66. The van der Waals surface area contributed by atoms with Gasteiger partial charge in [0.2, 0.25) is 0 Å². The molecule has 18 heavy (non-hydrogen) atoms. The molecule has 2 rings (SSSR count). The van der Waals surface area contributed by atoms with Gasteiger partial charge in [-0.05, 0) is 36.6 Å². The van der Waals surface area contributed by atoms with Crippen LogP contribution in [0.25, 0.3) is 0 Å². The molecular formula is C13H16FNO2S. The van der Waals surface area contributed by atoms with Crippen LogP contribution in [0.3, 0.4) is 0 Å². The van der Waals surface area contributed by atoms with Gasteiger partial charge in [0, 0.05) is 12.2 Å². The number of hydrogen-bond acceptors (Lipinski definition) is 3. The lowest BCUT2D eigenvalue weighted by Gasteiger charge is -2.12. The molecule has 1 aromatic carbocycles. The third-order valence-corrected chi connectivity index (χ3v) is 3.14. The van der Waals surface area contributed by atoms with E-state index in [1.54, 1.807) is 6.07 Å². The van der Waals surface area contributed by atoms with E-state index in [9.17, 15) is 4.39 Å². The molecule has 1 unspecified atom stereocenters. The van der Waals surface area contributed by atoms with Crippen LogP contribution in [-0.4, -0.2) is 24.3 Å². The van der Waals surface area contributed by atoms with Crippen LogP contribution in [0.15, 0.2) is 18.2 Å². The van der Waals surface area contributed by atoms with Crippen molar-refractivity contribution >= 4 is 17.2 Å². The summed E-state index contributed by atoms with van der Waals surface area (Å²) in [7, 11) is 0. The van der Waals surface area contributed by atoms with Gasteiger partial charge in [0.1, 0.15) is 10.8 Å². The first kappa shape index (κ1) is 13.4. The Morgan fingerprint density at radius 3 is 3.06 bits per heavy atom. The number of nitrogens with two attached hydrogens (primary N) is 1. The summed E-state index contributed by atoms with van der Waals surface area (Å²) in [6.45, 7) is 1.61. The molecule has 0 saturated carbocycles. The molecule has 0 radical (unpaired) electrons. The third kappa shape index (κ3) is 3.48. The van der Waals surface area contributed by atoms with E-state index in [-0.39, 0.29) is 16.9 Å². The smallest absolute Gasteiger partial charge is 0.123 e. The minimum Gasteiger partial charge on any atom is -0.389 e. The highest BCUT2D eigenvalue weighted by atomic mass is 32.1. The Morgan fingerprint density at radius 1 is 1.56 bits per heavy atom. The Labute approximate surface area is 111 Å². The Kier molecular flexibility index (Phi) is 4.63. The largest absolute Gasteiger partial charge is 0.389 e. The average molecular weight is 269 g/mol. The molecule has 5 heteroatoms. The zero-order valence-electron chi connectivity index (χ0n) is 10.0. The van der Waals surface area contributed by atoms with Crippen LogP contribution < -0.4 is 5.73 Å². The number of hydrogen-bond donors (Lipinski definition) is 1. The van der Waals surface area contributed by atoms with Gasteiger partial charge >= 0.3 is 0 Å². The van der Waals surface area contributed by atoms with E-state index < -0.39 is 0 Å². The number of benzene rings is 1.